The summed E-state index contributed by atoms with van der Waals surface area (Å²) < 4.78 is 0.961. The van der Waals surface area contributed by atoms with Crippen molar-refractivity contribution >= 4 is 27.5 Å². The lowest BCUT2D eigenvalue weighted by Crippen LogP contribution is -2.32. The summed E-state index contributed by atoms with van der Waals surface area (Å²) in [5, 5.41) is 4.17. The van der Waals surface area contributed by atoms with Crippen molar-refractivity contribution in [2.75, 3.05) is 20.1 Å². The highest BCUT2D eigenvalue weighted by Gasteiger charge is 2.18. The van der Waals surface area contributed by atoms with E-state index in [2.05, 4.69) is 39.3 Å². The number of likely N-dealkylation sites (N-methyl/N-ethyl adjacent to an activating group) is 1. The molecule has 1 atom stereocenters. The van der Waals surface area contributed by atoms with E-state index in [0.29, 0.717) is 6.04 Å². The van der Waals surface area contributed by atoms with Crippen LogP contribution in [-0.2, 0) is 6.54 Å². The quantitative estimate of drug-likeness (QED) is 0.924. The Kier molecular flexibility index (Phi) is 4.25. The van der Waals surface area contributed by atoms with Gasteiger partial charge in [-0.1, -0.05) is 17.7 Å². The summed E-state index contributed by atoms with van der Waals surface area (Å²) in [6, 6.07) is 6.82. The fourth-order valence-corrected chi connectivity index (χ4v) is 2.52. The minimum absolute atomic E-state index is 0.655. The molecule has 1 heterocycles. The van der Waals surface area contributed by atoms with Gasteiger partial charge >= 0.3 is 0 Å². The highest BCUT2D eigenvalue weighted by molar-refractivity contribution is 9.10. The molecule has 1 aliphatic heterocycles. The molecule has 1 aromatic carbocycles. The molecule has 4 heteroatoms. The van der Waals surface area contributed by atoms with Crippen LogP contribution < -0.4 is 5.32 Å². The van der Waals surface area contributed by atoms with Gasteiger partial charge in [0.1, 0.15) is 0 Å². The number of hydrogen-bond acceptors (Lipinski definition) is 2. The number of halogens is 2. The minimum Gasteiger partial charge on any atom is -0.315 e. The monoisotopic (exact) mass is 302 g/mol. The van der Waals surface area contributed by atoms with E-state index in [1.54, 1.807) is 0 Å². The second-order valence-corrected chi connectivity index (χ2v) is 5.57. The lowest BCUT2D eigenvalue weighted by Gasteiger charge is -2.23. The van der Waals surface area contributed by atoms with E-state index in [1.807, 2.05) is 12.1 Å². The highest BCUT2D eigenvalue weighted by atomic mass is 79.9. The van der Waals surface area contributed by atoms with Gasteiger partial charge in [0, 0.05) is 23.6 Å². The summed E-state index contributed by atoms with van der Waals surface area (Å²) in [6.07, 6.45) is 1.24. The number of hydrogen-bond donors (Lipinski definition) is 1. The van der Waals surface area contributed by atoms with Crippen LogP contribution in [0.25, 0.3) is 0 Å². The third kappa shape index (κ3) is 2.98. The average molecular weight is 304 g/mol. The molecular weight excluding hydrogens is 288 g/mol. The predicted molar refractivity (Wildman–Crippen MR) is 71.9 cm³/mol. The predicted octanol–water partition coefficient (Wildman–Crippen LogP) is 2.90. The van der Waals surface area contributed by atoms with Gasteiger partial charge in [0.05, 0.1) is 5.02 Å². The molecule has 2 rings (SSSR count). The van der Waals surface area contributed by atoms with Gasteiger partial charge in [0.2, 0.25) is 0 Å². The summed E-state index contributed by atoms with van der Waals surface area (Å²) in [7, 11) is 2.17. The smallest absolute Gasteiger partial charge is 0.0551 e. The Hall–Kier alpha value is -0.0900. The molecule has 1 aromatic rings. The molecule has 1 fully saturated rings. The molecule has 0 aliphatic carbocycles. The maximum Gasteiger partial charge on any atom is 0.0551 e. The Morgan fingerprint density at radius 1 is 1.56 bits per heavy atom. The van der Waals surface area contributed by atoms with Gasteiger partial charge in [-0.05, 0) is 53.6 Å². The van der Waals surface area contributed by atoms with Crippen LogP contribution in [-0.4, -0.2) is 31.1 Å². The van der Waals surface area contributed by atoms with Crippen LogP contribution >= 0.6 is 27.5 Å². The van der Waals surface area contributed by atoms with Gasteiger partial charge in [-0.2, -0.15) is 0 Å². The fraction of sp³-hybridized carbons (Fsp3) is 0.500. The number of benzene rings is 1. The van der Waals surface area contributed by atoms with E-state index >= 15 is 0 Å². The molecule has 1 aliphatic rings. The fourth-order valence-electron chi connectivity index (χ4n) is 2.07. The Morgan fingerprint density at radius 3 is 3.00 bits per heavy atom. The first-order valence-electron chi connectivity index (χ1n) is 5.51. The van der Waals surface area contributed by atoms with E-state index in [1.165, 1.54) is 12.0 Å². The van der Waals surface area contributed by atoms with Crippen molar-refractivity contribution in [2.45, 2.75) is 19.0 Å². The molecular formula is C12H16BrClN2. The van der Waals surface area contributed by atoms with Crippen molar-refractivity contribution in [2.24, 2.45) is 0 Å². The lowest BCUT2D eigenvalue weighted by molar-refractivity contribution is 0.249. The molecule has 0 radical (unpaired) electrons. The first kappa shape index (κ1) is 12.4. The van der Waals surface area contributed by atoms with Gasteiger partial charge in [0.25, 0.3) is 0 Å². The third-order valence-electron chi connectivity index (χ3n) is 3.07. The lowest BCUT2D eigenvalue weighted by atomic mass is 10.1. The van der Waals surface area contributed by atoms with Gasteiger partial charge in [-0.3, -0.25) is 4.90 Å². The maximum absolute atomic E-state index is 6.08. The van der Waals surface area contributed by atoms with Crippen molar-refractivity contribution in [3.8, 4) is 0 Å². The summed E-state index contributed by atoms with van der Waals surface area (Å²) in [5.41, 5.74) is 1.27. The normalized spacial score (nSPS) is 20.6. The van der Waals surface area contributed by atoms with Crippen molar-refractivity contribution in [3.05, 3.63) is 33.3 Å². The molecule has 0 aromatic heterocycles. The molecule has 0 spiro atoms. The van der Waals surface area contributed by atoms with Gasteiger partial charge in [0.15, 0.2) is 0 Å². The van der Waals surface area contributed by atoms with Crippen molar-refractivity contribution < 1.29 is 0 Å². The molecule has 1 unspecified atom stereocenters. The van der Waals surface area contributed by atoms with Crippen LogP contribution in [0.3, 0.4) is 0 Å². The van der Waals surface area contributed by atoms with Gasteiger partial charge in [-0.15, -0.1) is 0 Å². The zero-order chi connectivity index (χ0) is 11.5. The Bertz CT molecular complexity index is 364. The molecule has 88 valence electrons. The molecule has 0 amide bonds. The zero-order valence-electron chi connectivity index (χ0n) is 9.34. The number of rotatable bonds is 3. The van der Waals surface area contributed by atoms with Crippen LogP contribution in [0, 0.1) is 0 Å². The van der Waals surface area contributed by atoms with E-state index < -0.39 is 0 Å². The molecule has 2 nitrogen and oxygen atoms in total. The number of nitrogens with one attached hydrogen (secondary N) is 1. The summed E-state index contributed by atoms with van der Waals surface area (Å²) in [5.74, 6) is 0. The second kappa shape index (κ2) is 5.50. The SMILES string of the molecule is CN(Cc1ccc(Br)c(Cl)c1)C1CCNC1. The van der Waals surface area contributed by atoms with Gasteiger partial charge < -0.3 is 5.32 Å². The maximum atomic E-state index is 6.08. The minimum atomic E-state index is 0.655. The molecule has 16 heavy (non-hydrogen) atoms. The molecule has 0 saturated carbocycles. The van der Waals surface area contributed by atoms with Crippen molar-refractivity contribution in [1.82, 2.24) is 10.2 Å². The topological polar surface area (TPSA) is 15.3 Å². The number of nitrogens with zero attached hydrogens (tertiary/aromatic N) is 1. The van der Waals surface area contributed by atoms with E-state index in [-0.39, 0.29) is 0 Å². The zero-order valence-corrected chi connectivity index (χ0v) is 11.7. The van der Waals surface area contributed by atoms with E-state index in [0.717, 1.165) is 29.1 Å². The van der Waals surface area contributed by atoms with Crippen LogP contribution in [0.5, 0.6) is 0 Å². The highest BCUT2D eigenvalue weighted by Crippen LogP contribution is 2.24. The van der Waals surface area contributed by atoms with Crippen LogP contribution in [0.15, 0.2) is 22.7 Å². The first-order chi connectivity index (χ1) is 7.66. The van der Waals surface area contributed by atoms with Crippen molar-refractivity contribution in [3.63, 3.8) is 0 Å². The molecule has 1 saturated heterocycles. The van der Waals surface area contributed by atoms with Crippen LogP contribution in [0.2, 0.25) is 5.02 Å². The Balaban J connectivity index is 1.99. The summed E-state index contributed by atoms with van der Waals surface area (Å²) >= 11 is 9.49. The van der Waals surface area contributed by atoms with Crippen LogP contribution in [0.4, 0.5) is 0 Å². The molecule has 0 bridgehead atoms. The van der Waals surface area contributed by atoms with Gasteiger partial charge in [-0.25, -0.2) is 0 Å². The Morgan fingerprint density at radius 2 is 2.38 bits per heavy atom. The Labute approximate surface area is 110 Å². The average Bonchev–Trinajstić information content (AvgIpc) is 2.77. The first-order valence-corrected chi connectivity index (χ1v) is 6.69. The summed E-state index contributed by atoms with van der Waals surface area (Å²) in [6.45, 7) is 3.19. The van der Waals surface area contributed by atoms with E-state index in [9.17, 15) is 0 Å². The standard InChI is InChI=1S/C12H16BrClN2/c1-16(10-4-5-15-7-10)8-9-2-3-11(13)12(14)6-9/h2-3,6,10,15H,4-5,7-8H2,1H3. The largest absolute Gasteiger partial charge is 0.315 e. The third-order valence-corrected chi connectivity index (χ3v) is 4.31. The van der Waals surface area contributed by atoms with Crippen molar-refractivity contribution in [1.29, 1.82) is 0 Å². The summed E-state index contributed by atoms with van der Waals surface area (Å²) in [4.78, 5) is 2.39. The second-order valence-electron chi connectivity index (χ2n) is 4.31. The van der Waals surface area contributed by atoms with Crippen LogP contribution in [0.1, 0.15) is 12.0 Å². The molecule has 1 N–H and O–H groups in total. The van der Waals surface area contributed by atoms with E-state index in [4.69, 9.17) is 11.6 Å².